The van der Waals surface area contributed by atoms with E-state index in [2.05, 4.69) is 9.97 Å². The highest BCUT2D eigenvalue weighted by molar-refractivity contribution is 6.31. The Morgan fingerprint density at radius 3 is 2.78 bits per heavy atom. The Hall–Kier alpha value is -2.00. The van der Waals surface area contributed by atoms with Crippen molar-refractivity contribution in [3.8, 4) is 11.3 Å². The molecule has 1 aromatic carbocycles. The lowest BCUT2D eigenvalue weighted by Crippen LogP contribution is -1.88. The molecule has 0 spiro atoms. The number of rotatable bonds is 1. The second kappa shape index (κ2) is 4.03. The molecule has 0 aliphatic heterocycles. The van der Waals surface area contributed by atoms with Gasteiger partial charge in [-0.2, -0.15) is 0 Å². The van der Waals surface area contributed by atoms with Crippen LogP contribution in [0.1, 0.15) is 5.69 Å². The Kier molecular flexibility index (Phi) is 2.49. The molecule has 4 heteroatoms. The highest BCUT2D eigenvalue weighted by Crippen LogP contribution is 2.32. The first-order chi connectivity index (χ1) is 8.65. The number of benzene rings is 1. The number of nitrogen functional groups attached to an aromatic ring is 1. The van der Waals surface area contributed by atoms with E-state index in [0.29, 0.717) is 5.69 Å². The average Bonchev–Trinajstić information content (AvgIpc) is 2.66. The third-order valence-corrected chi connectivity index (χ3v) is 3.23. The van der Waals surface area contributed by atoms with E-state index in [9.17, 15) is 0 Å². The molecule has 2 heterocycles. The van der Waals surface area contributed by atoms with Crippen LogP contribution < -0.4 is 5.73 Å². The minimum Gasteiger partial charge on any atom is -0.397 e. The zero-order valence-electron chi connectivity index (χ0n) is 9.87. The zero-order valence-corrected chi connectivity index (χ0v) is 10.6. The van der Waals surface area contributed by atoms with Crippen molar-refractivity contribution in [2.45, 2.75) is 6.92 Å². The average molecular weight is 258 g/mol. The number of pyridine rings is 1. The molecule has 0 unspecified atom stereocenters. The maximum absolute atomic E-state index is 6.06. The van der Waals surface area contributed by atoms with E-state index >= 15 is 0 Å². The van der Waals surface area contributed by atoms with E-state index in [4.69, 9.17) is 17.3 Å². The lowest BCUT2D eigenvalue weighted by molar-refractivity contribution is 1.27. The fourth-order valence-electron chi connectivity index (χ4n) is 2.18. The molecule has 0 fully saturated rings. The van der Waals surface area contributed by atoms with Crippen molar-refractivity contribution >= 4 is 28.2 Å². The summed E-state index contributed by atoms with van der Waals surface area (Å²) in [6.45, 7) is 2.03. The lowest BCUT2D eigenvalue weighted by Gasteiger charge is -2.01. The van der Waals surface area contributed by atoms with Crippen molar-refractivity contribution in [2.75, 3.05) is 5.73 Å². The van der Waals surface area contributed by atoms with Crippen LogP contribution in [0.5, 0.6) is 0 Å². The number of anilines is 1. The second-order valence-corrected chi connectivity index (χ2v) is 4.73. The molecular weight excluding hydrogens is 246 g/mol. The normalized spacial score (nSPS) is 11.0. The molecule has 18 heavy (non-hydrogen) atoms. The van der Waals surface area contributed by atoms with Gasteiger partial charge in [0.05, 0.1) is 17.6 Å². The molecule has 3 aromatic rings. The predicted octanol–water partition coefficient (Wildman–Crippen LogP) is 3.77. The molecule has 0 aliphatic carbocycles. The molecule has 0 aliphatic rings. The van der Waals surface area contributed by atoms with Gasteiger partial charge < -0.3 is 10.7 Å². The van der Waals surface area contributed by atoms with Gasteiger partial charge in [0, 0.05) is 27.2 Å². The molecule has 90 valence electrons. The van der Waals surface area contributed by atoms with Gasteiger partial charge in [0.15, 0.2) is 0 Å². The molecule has 0 atom stereocenters. The molecule has 0 amide bonds. The topological polar surface area (TPSA) is 54.7 Å². The monoisotopic (exact) mass is 257 g/mol. The predicted molar refractivity (Wildman–Crippen MR) is 75.7 cm³/mol. The standard InChI is InChI=1S/C14H12ClN3/c1-8-14(13-5-3-10(16)7-17-13)11-6-9(15)2-4-12(11)18-8/h2-7,18H,16H2,1H3. The molecule has 0 saturated heterocycles. The number of hydrogen-bond donors (Lipinski definition) is 2. The molecule has 3 N–H and O–H groups in total. The summed E-state index contributed by atoms with van der Waals surface area (Å²) in [6, 6.07) is 9.58. The fraction of sp³-hybridized carbons (Fsp3) is 0.0714. The van der Waals surface area contributed by atoms with Crippen LogP contribution >= 0.6 is 11.6 Å². The largest absolute Gasteiger partial charge is 0.397 e. The van der Waals surface area contributed by atoms with Crippen molar-refractivity contribution in [1.82, 2.24) is 9.97 Å². The number of aryl methyl sites for hydroxylation is 1. The Balaban J connectivity index is 2.30. The van der Waals surface area contributed by atoms with Gasteiger partial charge in [-0.25, -0.2) is 0 Å². The first-order valence-corrected chi connectivity index (χ1v) is 6.02. The van der Waals surface area contributed by atoms with Crippen LogP contribution in [-0.4, -0.2) is 9.97 Å². The van der Waals surface area contributed by atoms with Crippen LogP contribution in [0.3, 0.4) is 0 Å². The first kappa shape index (κ1) is 11.1. The number of nitrogens with two attached hydrogens (primary N) is 1. The second-order valence-electron chi connectivity index (χ2n) is 4.29. The van der Waals surface area contributed by atoms with Crippen LogP contribution in [0.15, 0.2) is 36.5 Å². The van der Waals surface area contributed by atoms with Crippen molar-refractivity contribution < 1.29 is 0 Å². The smallest absolute Gasteiger partial charge is 0.0727 e. The Morgan fingerprint density at radius 2 is 2.06 bits per heavy atom. The number of aromatic nitrogens is 2. The molecule has 3 rings (SSSR count). The highest BCUT2D eigenvalue weighted by atomic mass is 35.5. The summed E-state index contributed by atoms with van der Waals surface area (Å²) in [5.41, 5.74) is 10.4. The van der Waals surface area contributed by atoms with Gasteiger partial charge in [0.1, 0.15) is 0 Å². The molecule has 3 nitrogen and oxygen atoms in total. The minimum atomic E-state index is 0.661. The molecule has 2 aromatic heterocycles. The summed E-state index contributed by atoms with van der Waals surface area (Å²) >= 11 is 6.06. The maximum Gasteiger partial charge on any atom is 0.0727 e. The Labute approximate surface area is 110 Å². The SMILES string of the molecule is Cc1[nH]c2ccc(Cl)cc2c1-c1ccc(N)cn1. The third kappa shape index (κ3) is 1.73. The number of aromatic amines is 1. The van der Waals surface area contributed by atoms with E-state index < -0.39 is 0 Å². The van der Waals surface area contributed by atoms with Gasteiger partial charge in [-0.15, -0.1) is 0 Å². The molecule has 0 saturated carbocycles. The van der Waals surface area contributed by atoms with E-state index in [1.807, 2.05) is 37.3 Å². The Morgan fingerprint density at radius 1 is 1.22 bits per heavy atom. The van der Waals surface area contributed by atoms with E-state index in [1.54, 1.807) is 6.20 Å². The minimum absolute atomic E-state index is 0.661. The van der Waals surface area contributed by atoms with Gasteiger partial charge in [-0.3, -0.25) is 4.98 Å². The first-order valence-electron chi connectivity index (χ1n) is 5.65. The summed E-state index contributed by atoms with van der Waals surface area (Å²) in [7, 11) is 0. The third-order valence-electron chi connectivity index (χ3n) is 2.99. The van der Waals surface area contributed by atoms with Crippen molar-refractivity contribution in [3.63, 3.8) is 0 Å². The summed E-state index contributed by atoms with van der Waals surface area (Å²) in [4.78, 5) is 7.71. The fourth-order valence-corrected chi connectivity index (χ4v) is 2.35. The Bertz CT molecular complexity index is 714. The van der Waals surface area contributed by atoms with Gasteiger partial charge in [-0.1, -0.05) is 11.6 Å². The number of H-pyrrole nitrogens is 1. The lowest BCUT2D eigenvalue weighted by atomic mass is 10.1. The van der Waals surface area contributed by atoms with Crippen LogP contribution in [0.2, 0.25) is 5.02 Å². The maximum atomic E-state index is 6.06. The number of nitrogens with zero attached hydrogens (tertiary/aromatic N) is 1. The summed E-state index contributed by atoms with van der Waals surface area (Å²) in [5, 5.41) is 1.80. The van der Waals surface area contributed by atoms with E-state index in [0.717, 1.165) is 32.9 Å². The van der Waals surface area contributed by atoms with Gasteiger partial charge in [-0.05, 0) is 37.3 Å². The van der Waals surface area contributed by atoms with Crippen LogP contribution in [0.4, 0.5) is 5.69 Å². The van der Waals surface area contributed by atoms with Crippen molar-refractivity contribution in [2.24, 2.45) is 0 Å². The van der Waals surface area contributed by atoms with Crippen LogP contribution in [0, 0.1) is 6.92 Å². The molecular formula is C14H12ClN3. The zero-order chi connectivity index (χ0) is 12.7. The van der Waals surface area contributed by atoms with Crippen LogP contribution in [0.25, 0.3) is 22.2 Å². The number of nitrogens with one attached hydrogen (secondary N) is 1. The number of hydrogen-bond acceptors (Lipinski definition) is 2. The molecule has 0 radical (unpaired) electrons. The summed E-state index contributed by atoms with van der Waals surface area (Å²) in [6.07, 6.45) is 1.66. The number of fused-ring (bicyclic) bond motifs is 1. The number of halogens is 1. The summed E-state index contributed by atoms with van der Waals surface area (Å²) in [5.74, 6) is 0. The van der Waals surface area contributed by atoms with Gasteiger partial charge in [0.2, 0.25) is 0 Å². The van der Waals surface area contributed by atoms with Crippen molar-refractivity contribution in [1.29, 1.82) is 0 Å². The van der Waals surface area contributed by atoms with Gasteiger partial charge >= 0.3 is 0 Å². The van der Waals surface area contributed by atoms with Crippen molar-refractivity contribution in [3.05, 3.63) is 47.2 Å². The van der Waals surface area contributed by atoms with Gasteiger partial charge in [0.25, 0.3) is 0 Å². The highest BCUT2D eigenvalue weighted by Gasteiger charge is 2.11. The van der Waals surface area contributed by atoms with E-state index in [1.165, 1.54) is 0 Å². The molecule has 0 bridgehead atoms. The van der Waals surface area contributed by atoms with Crippen LogP contribution in [-0.2, 0) is 0 Å². The van der Waals surface area contributed by atoms with E-state index in [-0.39, 0.29) is 0 Å². The summed E-state index contributed by atoms with van der Waals surface area (Å²) < 4.78 is 0. The quantitative estimate of drug-likeness (QED) is 0.697.